The third-order valence-corrected chi connectivity index (χ3v) is 5.50. The number of benzene rings is 1. The molecule has 3 rings (SSSR count). The molecule has 1 aromatic carbocycles. The van der Waals surface area contributed by atoms with E-state index in [1.165, 1.54) is 6.42 Å². The molecule has 0 saturated heterocycles. The Hall–Kier alpha value is -1.21. The van der Waals surface area contributed by atoms with E-state index >= 15 is 0 Å². The van der Waals surface area contributed by atoms with Crippen molar-refractivity contribution in [1.82, 2.24) is 0 Å². The van der Waals surface area contributed by atoms with Crippen LogP contribution in [0.1, 0.15) is 32.1 Å². The molecule has 1 aromatic rings. The molecule has 0 radical (unpaired) electrons. The Labute approximate surface area is 138 Å². The fraction of sp³-hybridized carbons (Fsp3) is 0.429. The number of thiol groups is 1. The third-order valence-electron chi connectivity index (χ3n) is 4.06. The normalized spacial score (nSPS) is 21.1. The Kier molecular flexibility index (Phi) is 3.88. The summed E-state index contributed by atoms with van der Waals surface area (Å²) in [4.78, 5) is 11.6. The van der Waals surface area contributed by atoms with Crippen LogP contribution in [-0.2, 0) is 0 Å². The van der Waals surface area contributed by atoms with E-state index in [2.05, 4.69) is 38.5 Å². The van der Waals surface area contributed by atoms with Crippen molar-refractivity contribution in [2.75, 3.05) is 4.90 Å². The highest BCUT2D eigenvalue weighted by Crippen LogP contribution is 2.42. The lowest BCUT2D eigenvalue weighted by atomic mass is 9.87. The van der Waals surface area contributed by atoms with Gasteiger partial charge in [-0.25, -0.2) is 4.99 Å². The van der Waals surface area contributed by atoms with Gasteiger partial charge in [0, 0.05) is 9.37 Å². The molecule has 1 saturated carbocycles. The van der Waals surface area contributed by atoms with Crippen molar-refractivity contribution in [2.24, 2.45) is 21.5 Å². The number of anilines is 1. The van der Waals surface area contributed by atoms with Crippen molar-refractivity contribution in [3.63, 3.8) is 0 Å². The molecule has 0 bridgehead atoms. The second-order valence-corrected chi connectivity index (χ2v) is 6.73. The SMILES string of the molecule is NC1=NC2(CCCCC2)N(c2cccc(Br)c2S)C(N)=N1. The average molecular weight is 368 g/mol. The molecule has 1 aliphatic heterocycles. The molecule has 1 aliphatic carbocycles. The number of nitrogens with two attached hydrogens (primary N) is 2. The minimum absolute atomic E-state index is 0.265. The molecule has 1 fully saturated rings. The largest absolute Gasteiger partial charge is 0.369 e. The van der Waals surface area contributed by atoms with Crippen LogP contribution in [-0.4, -0.2) is 17.6 Å². The van der Waals surface area contributed by atoms with Crippen molar-refractivity contribution < 1.29 is 0 Å². The van der Waals surface area contributed by atoms with E-state index in [9.17, 15) is 0 Å². The van der Waals surface area contributed by atoms with E-state index < -0.39 is 5.66 Å². The van der Waals surface area contributed by atoms with Crippen LogP contribution in [0, 0.1) is 0 Å². The number of rotatable bonds is 1. The Morgan fingerprint density at radius 2 is 1.90 bits per heavy atom. The summed E-state index contributed by atoms with van der Waals surface area (Å²) in [5, 5.41) is 0. The number of halogens is 1. The molecule has 4 N–H and O–H groups in total. The van der Waals surface area contributed by atoms with Crippen LogP contribution < -0.4 is 16.4 Å². The van der Waals surface area contributed by atoms with Crippen molar-refractivity contribution in [2.45, 2.75) is 42.7 Å². The van der Waals surface area contributed by atoms with E-state index in [0.29, 0.717) is 5.96 Å². The minimum atomic E-state index is -0.424. The molecule has 1 spiro atoms. The van der Waals surface area contributed by atoms with Gasteiger partial charge in [0.15, 0.2) is 0 Å². The van der Waals surface area contributed by atoms with Crippen molar-refractivity contribution >= 4 is 46.2 Å². The van der Waals surface area contributed by atoms with Crippen LogP contribution in [0.15, 0.2) is 37.6 Å². The van der Waals surface area contributed by atoms with Gasteiger partial charge in [0.05, 0.1) is 5.69 Å². The first-order valence-electron chi connectivity index (χ1n) is 7.01. The summed E-state index contributed by atoms with van der Waals surface area (Å²) in [6, 6.07) is 5.90. The second kappa shape index (κ2) is 5.53. The molecule has 5 nitrogen and oxygen atoms in total. The lowest BCUT2D eigenvalue weighted by Crippen LogP contribution is -2.58. The summed E-state index contributed by atoms with van der Waals surface area (Å²) in [6.45, 7) is 0. The fourth-order valence-corrected chi connectivity index (χ4v) is 3.76. The maximum atomic E-state index is 6.19. The van der Waals surface area contributed by atoms with Gasteiger partial charge in [-0.2, -0.15) is 4.99 Å². The Bertz CT molecular complexity index is 622. The van der Waals surface area contributed by atoms with Crippen LogP contribution in [0.2, 0.25) is 0 Å². The van der Waals surface area contributed by atoms with Crippen molar-refractivity contribution in [1.29, 1.82) is 0 Å². The summed E-state index contributed by atoms with van der Waals surface area (Å²) >= 11 is 8.12. The molecule has 112 valence electrons. The van der Waals surface area contributed by atoms with Gasteiger partial charge in [-0.1, -0.05) is 12.5 Å². The summed E-state index contributed by atoms with van der Waals surface area (Å²) in [5.74, 6) is 0.652. The smallest absolute Gasteiger partial charge is 0.220 e. The predicted molar refractivity (Wildman–Crippen MR) is 92.9 cm³/mol. The number of hydrogen-bond acceptors (Lipinski definition) is 6. The van der Waals surface area contributed by atoms with Crippen LogP contribution >= 0.6 is 28.6 Å². The lowest BCUT2D eigenvalue weighted by molar-refractivity contribution is 0.305. The second-order valence-electron chi connectivity index (χ2n) is 5.43. The standard InChI is InChI=1S/C14H18BrN5S/c15-9-5-4-6-10(11(9)21)20-13(17)18-12(16)19-14(20)7-2-1-3-8-14/h4-6,21H,1-3,7-8H2,(H4,16,17,18,19). The van der Waals surface area contributed by atoms with Gasteiger partial charge in [0.25, 0.3) is 0 Å². The van der Waals surface area contributed by atoms with Gasteiger partial charge >= 0.3 is 0 Å². The summed E-state index contributed by atoms with van der Waals surface area (Å²) in [5.41, 5.74) is 12.5. The number of nitrogens with zero attached hydrogens (tertiary/aromatic N) is 3. The highest BCUT2D eigenvalue weighted by atomic mass is 79.9. The highest BCUT2D eigenvalue weighted by Gasteiger charge is 2.43. The fourth-order valence-electron chi connectivity index (χ4n) is 3.15. The first kappa shape index (κ1) is 14.7. The van der Waals surface area contributed by atoms with Gasteiger partial charge in [-0.3, -0.25) is 4.90 Å². The summed E-state index contributed by atoms with van der Waals surface area (Å²) in [7, 11) is 0. The van der Waals surface area contributed by atoms with Gasteiger partial charge in [0.2, 0.25) is 11.9 Å². The highest BCUT2D eigenvalue weighted by molar-refractivity contribution is 9.10. The average Bonchev–Trinajstić information content (AvgIpc) is 2.43. The summed E-state index contributed by atoms with van der Waals surface area (Å²) in [6.07, 6.45) is 5.27. The van der Waals surface area contributed by atoms with Crippen molar-refractivity contribution in [3.8, 4) is 0 Å². The molecule has 0 unspecified atom stereocenters. The van der Waals surface area contributed by atoms with E-state index in [1.54, 1.807) is 0 Å². The van der Waals surface area contributed by atoms with Gasteiger partial charge in [-0.05, 0) is 53.7 Å². The number of hydrogen-bond donors (Lipinski definition) is 3. The molecule has 21 heavy (non-hydrogen) atoms. The van der Waals surface area contributed by atoms with Crippen LogP contribution in [0.25, 0.3) is 0 Å². The first-order chi connectivity index (χ1) is 10.0. The Morgan fingerprint density at radius 3 is 2.62 bits per heavy atom. The van der Waals surface area contributed by atoms with Crippen LogP contribution in [0.4, 0.5) is 5.69 Å². The van der Waals surface area contributed by atoms with Gasteiger partial charge < -0.3 is 11.5 Å². The van der Waals surface area contributed by atoms with Crippen LogP contribution in [0.5, 0.6) is 0 Å². The molecule has 0 amide bonds. The molecular formula is C14H18BrN5S. The maximum Gasteiger partial charge on any atom is 0.220 e. The molecule has 2 aliphatic rings. The van der Waals surface area contributed by atoms with E-state index in [-0.39, 0.29) is 5.96 Å². The molecule has 0 aromatic heterocycles. The van der Waals surface area contributed by atoms with E-state index in [0.717, 1.165) is 40.7 Å². The minimum Gasteiger partial charge on any atom is -0.369 e. The van der Waals surface area contributed by atoms with Gasteiger partial charge in [-0.15, -0.1) is 12.6 Å². The zero-order valence-electron chi connectivity index (χ0n) is 11.6. The molecular weight excluding hydrogens is 350 g/mol. The van der Waals surface area contributed by atoms with Gasteiger partial charge in [0.1, 0.15) is 5.66 Å². The predicted octanol–water partition coefficient (Wildman–Crippen LogP) is 2.85. The Balaban J connectivity index is 2.13. The lowest BCUT2D eigenvalue weighted by Gasteiger charge is -2.46. The molecule has 1 heterocycles. The number of guanidine groups is 2. The topological polar surface area (TPSA) is 80.0 Å². The Morgan fingerprint density at radius 1 is 1.19 bits per heavy atom. The third kappa shape index (κ3) is 2.53. The monoisotopic (exact) mass is 367 g/mol. The van der Waals surface area contributed by atoms with E-state index in [1.807, 2.05) is 23.1 Å². The number of aliphatic imine (C=N–C) groups is 2. The van der Waals surface area contributed by atoms with Crippen LogP contribution in [0.3, 0.4) is 0 Å². The first-order valence-corrected chi connectivity index (χ1v) is 8.25. The van der Waals surface area contributed by atoms with Crippen molar-refractivity contribution in [3.05, 3.63) is 22.7 Å². The zero-order valence-corrected chi connectivity index (χ0v) is 14.1. The molecule has 7 heteroatoms. The quantitative estimate of drug-likeness (QED) is 0.667. The molecule has 0 atom stereocenters. The van der Waals surface area contributed by atoms with E-state index in [4.69, 9.17) is 11.5 Å². The summed E-state index contributed by atoms with van der Waals surface area (Å²) < 4.78 is 0.921. The zero-order chi connectivity index (χ0) is 15.0. The maximum absolute atomic E-state index is 6.19.